The van der Waals surface area contributed by atoms with Crippen molar-refractivity contribution in [3.05, 3.63) is 41.3 Å². The lowest BCUT2D eigenvalue weighted by atomic mass is 10.1. The second-order valence-electron chi connectivity index (χ2n) is 3.34. The van der Waals surface area contributed by atoms with Crippen LogP contribution in [0.2, 0.25) is 0 Å². The molecule has 0 saturated heterocycles. The van der Waals surface area contributed by atoms with Crippen LogP contribution in [0.5, 0.6) is 0 Å². The highest BCUT2D eigenvalue weighted by atomic mass is 32.2. The molecule has 16 heavy (non-hydrogen) atoms. The van der Waals surface area contributed by atoms with Crippen LogP contribution < -0.4 is 5.73 Å². The number of benzene rings is 1. The number of nitrogen functional groups attached to an aromatic ring is 1. The summed E-state index contributed by atoms with van der Waals surface area (Å²) in [4.78, 5) is 12.4. The van der Waals surface area contributed by atoms with Crippen LogP contribution in [0.25, 0.3) is 0 Å². The van der Waals surface area contributed by atoms with Gasteiger partial charge in [-0.05, 0) is 36.6 Å². The van der Waals surface area contributed by atoms with Crippen LogP contribution in [-0.4, -0.2) is 5.78 Å². The Hall–Kier alpha value is -1.26. The molecule has 2 nitrogen and oxygen atoms in total. The molecule has 0 aliphatic heterocycles. The lowest BCUT2D eigenvalue weighted by Gasteiger charge is -2.04. The zero-order valence-electron chi connectivity index (χ0n) is 8.77. The molecule has 2 aromatic rings. The van der Waals surface area contributed by atoms with E-state index in [4.69, 9.17) is 5.73 Å². The molecule has 4 heteroatoms. The fraction of sp³-hybridized carbons (Fsp3) is 0.0833. The summed E-state index contributed by atoms with van der Waals surface area (Å²) >= 11 is 3.33. The van der Waals surface area contributed by atoms with Gasteiger partial charge in [0.15, 0.2) is 5.78 Å². The number of carbonyl (C=O) groups is 1. The first-order valence-electron chi connectivity index (χ1n) is 4.78. The predicted molar refractivity (Wildman–Crippen MR) is 69.3 cm³/mol. The first kappa shape index (κ1) is 11.2. The lowest BCUT2D eigenvalue weighted by Crippen LogP contribution is -1.99. The molecule has 1 aromatic heterocycles. The van der Waals surface area contributed by atoms with Crippen LogP contribution in [0.1, 0.15) is 17.3 Å². The second kappa shape index (κ2) is 4.72. The summed E-state index contributed by atoms with van der Waals surface area (Å²) < 4.78 is 1.21. The van der Waals surface area contributed by atoms with Gasteiger partial charge in [-0.2, -0.15) is 0 Å². The molecule has 0 aliphatic carbocycles. The van der Waals surface area contributed by atoms with Crippen LogP contribution in [0, 0.1) is 0 Å². The van der Waals surface area contributed by atoms with Crippen molar-refractivity contribution in [2.24, 2.45) is 0 Å². The zero-order valence-corrected chi connectivity index (χ0v) is 10.4. The average Bonchev–Trinajstić information content (AvgIpc) is 2.73. The molecule has 1 heterocycles. The van der Waals surface area contributed by atoms with Crippen molar-refractivity contribution in [2.75, 3.05) is 5.73 Å². The molecule has 0 aliphatic rings. The molecular formula is C12H11NOS2. The molecule has 0 saturated carbocycles. The third-order valence-electron chi connectivity index (χ3n) is 2.12. The van der Waals surface area contributed by atoms with Gasteiger partial charge in [0, 0.05) is 16.1 Å². The Balaban J connectivity index is 2.29. The van der Waals surface area contributed by atoms with Gasteiger partial charge in [0.1, 0.15) is 0 Å². The van der Waals surface area contributed by atoms with Crippen molar-refractivity contribution >= 4 is 34.6 Å². The molecule has 2 N–H and O–H groups in total. The second-order valence-corrected chi connectivity index (χ2v) is 5.66. The number of rotatable bonds is 3. The summed E-state index contributed by atoms with van der Waals surface area (Å²) in [7, 11) is 0. The maximum Gasteiger partial charge on any atom is 0.161 e. The maximum absolute atomic E-state index is 11.3. The van der Waals surface area contributed by atoms with Crippen LogP contribution in [0.3, 0.4) is 0 Å². The number of hydrogen-bond donors (Lipinski definition) is 1. The molecule has 0 spiro atoms. The highest BCUT2D eigenvalue weighted by Gasteiger charge is 2.06. The number of nitrogens with two attached hydrogens (primary N) is 1. The van der Waals surface area contributed by atoms with Gasteiger partial charge < -0.3 is 5.73 Å². The van der Waals surface area contributed by atoms with Gasteiger partial charge in [0.25, 0.3) is 0 Å². The standard InChI is InChI=1S/C12H11NOS2/c1-8(14)10-7-9(4-5-11(10)13)16-12-3-2-6-15-12/h2-7H,13H2,1H3. The van der Waals surface area contributed by atoms with E-state index in [1.165, 1.54) is 11.1 Å². The van der Waals surface area contributed by atoms with E-state index >= 15 is 0 Å². The van der Waals surface area contributed by atoms with Crippen molar-refractivity contribution in [1.82, 2.24) is 0 Å². The van der Waals surface area contributed by atoms with Gasteiger partial charge >= 0.3 is 0 Å². The van der Waals surface area contributed by atoms with Crippen LogP contribution in [-0.2, 0) is 0 Å². The fourth-order valence-corrected chi connectivity index (χ4v) is 3.13. The Morgan fingerprint density at radius 3 is 2.81 bits per heavy atom. The van der Waals surface area contributed by atoms with Gasteiger partial charge in [-0.25, -0.2) is 0 Å². The Kier molecular flexibility index (Phi) is 3.31. The summed E-state index contributed by atoms with van der Waals surface area (Å²) in [6, 6.07) is 9.64. The molecule has 0 unspecified atom stereocenters. The number of thiophene rings is 1. The Bertz CT molecular complexity index is 506. The quantitative estimate of drug-likeness (QED) is 0.666. The van der Waals surface area contributed by atoms with Crippen molar-refractivity contribution < 1.29 is 4.79 Å². The van der Waals surface area contributed by atoms with Crippen molar-refractivity contribution in [3.63, 3.8) is 0 Å². The Morgan fingerprint density at radius 2 is 2.19 bits per heavy atom. The SMILES string of the molecule is CC(=O)c1cc(Sc2cccs2)ccc1N. The summed E-state index contributed by atoms with van der Waals surface area (Å²) in [5, 5.41) is 2.03. The molecule has 2 rings (SSSR count). The number of ketones is 1. The maximum atomic E-state index is 11.3. The van der Waals surface area contributed by atoms with Crippen LogP contribution >= 0.6 is 23.1 Å². The first-order valence-corrected chi connectivity index (χ1v) is 6.48. The highest BCUT2D eigenvalue weighted by molar-refractivity contribution is 8.01. The van der Waals surface area contributed by atoms with E-state index in [1.54, 1.807) is 29.2 Å². The van der Waals surface area contributed by atoms with E-state index in [0.29, 0.717) is 11.3 Å². The predicted octanol–water partition coefficient (Wildman–Crippen LogP) is 3.68. The smallest absolute Gasteiger partial charge is 0.161 e. The number of hydrogen-bond acceptors (Lipinski definition) is 4. The van der Waals surface area contributed by atoms with E-state index in [0.717, 1.165) is 4.90 Å². The van der Waals surface area contributed by atoms with Crippen LogP contribution in [0.15, 0.2) is 44.8 Å². The molecule has 0 amide bonds. The summed E-state index contributed by atoms with van der Waals surface area (Å²) in [5.74, 6) is 0.00568. The van der Waals surface area contributed by atoms with E-state index < -0.39 is 0 Å². The van der Waals surface area contributed by atoms with Gasteiger partial charge in [0.2, 0.25) is 0 Å². The number of carbonyl (C=O) groups excluding carboxylic acids is 1. The summed E-state index contributed by atoms with van der Waals surface area (Å²) in [6.07, 6.45) is 0. The topological polar surface area (TPSA) is 43.1 Å². The van der Waals surface area contributed by atoms with Crippen molar-refractivity contribution in [3.8, 4) is 0 Å². The highest BCUT2D eigenvalue weighted by Crippen LogP contribution is 2.32. The summed E-state index contributed by atoms with van der Waals surface area (Å²) in [5.41, 5.74) is 6.88. The first-order chi connectivity index (χ1) is 7.66. The fourth-order valence-electron chi connectivity index (χ4n) is 1.34. The minimum atomic E-state index is 0.00568. The Morgan fingerprint density at radius 1 is 1.38 bits per heavy atom. The Labute approximate surface area is 102 Å². The van der Waals surface area contributed by atoms with E-state index in [1.807, 2.05) is 23.6 Å². The van der Waals surface area contributed by atoms with Gasteiger partial charge in [-0.15, -0.1) is 11.3 Å². The molecule has 0 atom stereocenters. The van der Waals surface area contributed by atoms with Gasteiger partial charge in [0.05, 0.1) is 4.21 Å². The number of anilines is 1. The van der Waals surface area contributed by atoms with Gasteiger partial charge in [-0.1, -0.05) is 17.8 Å². The van der Waals surface area contributed by atoms with E-state index in [-0.39, 0.29) is 5.78 Å². The third-order valence-corrected chi connectivity index (χ3v) is 4.14. The monoisotopic (exact) mass is 249 g/mol. The zero-order chi connectivity index (χ0) is 11.5. The van der Waals surface area contributed by atoms with Crippen molar-refractivity contribution in [1.29, 1.82) is 0 Å². The average molecular weight is 249 g/mol. The van der Waals surface area contributed by atoms with Crippen molar-refractivity contribution in [2.45, 2.75) is 16.0 Å². The molecule has 82 valence electrons. The molecule has 0 bridgehead atoms. The van der Waals surface area contributed by atoms with Crippen LogP contribution in [0.4, 0.5) is 5.69 Å². The molecule has 0 radical (unpaired) electrons. The van der Waals surface area contributed by atoms with E-state index in [9.17, 15) is 4.79 Å². The number of Topliss-reactive ketones (excluding diaryl/α,β-unsaturated/α-hetero) is 1. The van der Waals surface area contributed by atoms with Gasteiger partial charge in [-0.3, -0.25) is 4.79 Å². The minimum absolute atomic E-state index is 0.00568. The lowest BCUT2D eigenvalue weighted by molar-refractivity contribution is 0.101. The normalized spacial score (nSPS) is 10.3. The van der Waals surface area contributed by atoms with E-state index in [2.05, 4.69) is 6.07 Å². The molecule has 0 fully saturated rings. The molecule has 1 aromatic carbocycles. The summed E-state index contributed by atoms with van der Waals surface area (Å²) in [6.45, 7) is 1.53. The molecular weight excluding hydrogens is 238 g/mol. The minimum Gasteiger partial charge on any atom is -0.398 e. The third kappa shape index (κ3) is 2.46. The largest absolute Gasteiger partial charge is 0.398 e.